The van der Waals surface area contributed by atoms with Crippen LogP contribution in [0.4, 0.5) is 0 Å². The number of hydrogen-bond donors (Lipinski definition) is 2. The topological polar surface area (TPSA) is 54.1 Å². The summed E-state index contributed by atoms with van der Waals surface area (Å²) in [5.41, 5.74) is 7.81. The summed E-state index contributed by atoms with van der Waals surface area (Å²) in [7, 11) is 1.41. The van der Waals surface area contributed by atoms with E-state index in [1.807, 2.05) is 42.5 Å². The molecular weight excluding hydrogens is 360 g/mol. The van der Waals surface area contributed by atoms with Crippen LogP contribution in [0.3, 0.4) is 0 Å². The molecule has 1 aromatic heterocycles. The number of nitrogens with one attached hydrogen (secondary N) is 2. The van der Waals surface area contributed by atoms with E-state index in [4.69, 9.17) is 16.4 Å². The highest BCUT2D eigenvalue weighted by molar-refractivity contribution is 6.34. The van der Waals surface area contributed by atoms with Gasteiger partial charge in [0.15, 0.2) is 0 Å². The lowest BCUT2D eigenvalue weighted by atomic mass is 9.99. The molecule has 1 amide bonds. The van der Waals surface area contributed by atoms with Crippen LogP contribution in [0.2, 0.25) is 5.02 Å². The SMILES string of the molecule is CONC(=O)c1c[nH]c2cc(Cl)c(-c3ccc(-c4ccccc4)cc3)cc12. The molecule has 2 N–H and O–H groups in total. The fourth-order valence-electron chi connectivity index (χ4n) is 3.17. The minimum Gasteiger partial charge on any atom is -0.360 e. The van der Waals surface area contributed by atoms with E-state index in [0.717, 1.165) is 33.2 Å². The van der Waals surface area contributed by atoms with E-state index in [1.165, 1.54) is 7.11 Å². The van der Waals surface area contributed by atoms with Gasteiger partial charge in [-0.05, 0) is 28.8 Å². The molecule has 0 bridgehead atoms. The number of carbonyl (C=O) groups is 1. The van der Waals surface area contributed by atoms with E-state index in [1.54, 1.807) is 6.20 Å². The van der Waals surface area contributed by atoms with Gasteiger partial charge in [-0.25, -0.2) is 5.48 Å². The first-order chi connectivity index (χ1) is 13.2. The molecule has 0 spiro atoms. The van der Waals surface area contributed by atoms with Crippen LogP contribution in [0.5, 0.6) is 0 Å². The van der Waals surface area contributed by atoms with Crippen molar-refractivity contribution in [2.45, 2.75) is 0 Å². The van der Waals surface area contributed by atoms with E-state index in [0.29, 0.717) is 10.6 Å². The van der Waals surface area contributed by atoms with Gasteiger partial charge in [0.2, 0.25) is 0 Å². The third kappa shape index (κ3) is 3.33. The number of fused-ring (bicyclic) bond motifs is 1. The molecule has 0 saturated carbocycles. The number of amides is 1. The summed E-state index contributed by atoms with van der Waals surface area (Å²) in [5, 5.41) is 1.41. The Morgan fingerprint density at radius 2 is 1.63 bits per heavy atom. The number of aromatic nitrogens is 1. The molecule has 4 nitrogen and oxygen atoms in total. The van der Waals surface area contributed by atoms with E-state index in [2.05, 4.69) is 34.7 Å². The molecule has 3 aromatic carbocycles. The molecule has 0 saturated heterocycles. The Hall–Kier alpha value is -3.08. The second-order valence-electron chi connectivity index (χ2n) is 6.16. The van der Waals surface area contributed by atoms with Crippen LogP contribution in [-0.4, -0.2) is 18.0 Å². The van der Waals surface area contributed by atoms with Crippen molar-refractivity contribution in [3.8, 4) is 22.3 Å². The molecule has 4 rings (SSSR count). The van der Waals surface area contributed by atoms with E-state index < -0.39 is 0 Å². The molecule has 4 aromatic rings. The van der Waals surface area contributed by atoms with Gasteiger partial charge in [0.25, 0.3) is 5.91 Å². The summed E-state index contributed by atoms with van der Waals surface area (Å²) < 4.78 is 0. The average molecular weight is 377 g/mol. The Kier molecular flexibility index (Phi) is 4.67. The number of carbonyl (C=O) groups excluding carboxylic acids is 1. The number of rotatable bonds is 4. The van der Waals surface area contributed by atoms with Crippen LogP contribution in [-0.2, 0) is 4.84 Å². The second-order valence-corrected chi connectivity index (χ2v) is 6.57. The van der Waals surface area contributed by atoms with Crippen molar-refractivity contribution in [3.05, 3.63) is 83.5 Å². The fraction of sp³-hybridized carbons (Fsp3) is 0.0455. The minimum absolute atomic E-state index is 0.309. The summed E-state index contributed by atoms with van der Waals surface area (Å²) >= 11 is 6.50. The Bertz CT molecular complexity index is 1100. The summed E-state index contributed by atoms with van der Waals surface area (Å²) in [6.45, 7) is 0. The van der Waals surface area contributed by atoms with Crippen molar-refractivity contribution in [1.29, 1.82) is 0 Å². The lowest BCUT2D eigenvalue weighted by molar-refractivity contribution is 0.0539. The summed E-state index contributed by atoms with van der Waals surface area (Å²) in [6.07, 6.45) is 1.65. The molecule has 0 aliphatic rings. The molecule has 5 heteroatoms. The van der Waals surface area contributed by atoms with Crippen molar-refractivity contribution in [3.63, 3.8) is 0 Å². The van der Waals surface area contributed by atoms with E-state index >= 15 is 0 Å². The Morgan fingerprint density at radius 1 is 0.963 bits per heavy atom. The largest absolute Gasteiger partial charge is 0.360 e. The molecule has 1 heterocycles. The minimum atomic E-state index is -0.309. The van der Waals surface area contributed by atoms with Crippen molar-refractivity contribution in [2.24, 2.45) is 0 Å². The van der Waals surface area contributed by atoms with Gasteiger partial charge in [-0.2, -0.15) is 0 Å². The number of aromatic amines is 1. The van der Waals surface area contributed by atoms with Gasteiger partial charge in [0.05, 0.1) is 17.7 Å². The Balaban J connectivity index is 1.75. The van der Waals surface area contributed by atoms with Gasteiger partial charge in [0.1, 0.15) is 0 Å². The first kappa shape index (κ1) is 17.3. The maximum atomic E-state index is 12.2. The summed E-state index contributed by atoms with van der Waals surface area (Å²) in [6, 6.07) is 22.2. The standard InChI is InChI=1S/C22H17ClN2O2/c1-27-25-22(26)19-13-24-21-12-20(23)17(11-18(19)21)16-9-7-15(8-10-16)14-5-3-2-4-6-14/h2-13,24H,1H3,(H,25,26). The van der Waals surface area contributed by atoms with Crippen molar-refractivity contribution in [1.82, 2.24) is 10.5 Å². The van der Waals surface area contributed by atoms with Crippen molar-refractivity contribution < 1.29 is 9.63 Å². The molecule has 27 heavy (non-hydrogen) atoms. The number of H-pyrrole nitrogens is 1. The van der Waals surface area contributed by atoms with Crippen LogP contribution in [0.15, 0.2) is 72.9 Å². The molecular formula is C22H17ClN2O2. The zero-order valence-electron chi connectivity index (χ0n) is 14.6. The smallest absolute Gasteiger partial charge is 0.276 e. The van der Waals surface area contributed by atoms with Gasteiger partial charge >= 0.3 is 0 Å². The van der Waals surface area contributed by atoms with E-state index in [9.17, 15) is 4.79 Å². The molecule has 0 aliphatic carbocycles. The van der Waals surface area contributed by atoms with Crippen molar-refractivity contribution >= 4 is 28.4 Å². The predicted octanol–water partition coefficient (Wildman–Crippen LogP) is 5.45. The normalized spacial score (nSPS) is 10.9. The zero-order chi connectivity index (χ0) is 18.8. The van der Waals surface area contributed by atoms with Crippen LogP contribution in [0.1, 0.15) is 10.4 Å². The van der Waals surface area contributed by atoms with Crippen LogP contribution in [0.25, 0.3) is 33.2 Å². The third-order valence-electron chi connectivity index (χ3n) is 4.51. The first-order valence-electron chi connectivity index (χ1n) is 8.47. The zero-order valence-corrected chi connectivity index (χ0v) is 15.4. The first-order valence-corrected chi connectivity index (χ1v) is 8.85. The molecule has 0 unspecified atom stereocenters. The number of halogens is 1. The summed E-state index contributed by atoms with van der Waals surface area (Å²) in [5.74, 6) is -0.309. The Morgan fingerprint density at radius 3 is 2.33 bits per heavy atom. The highest BCUT2D eigenvalue weighted by Gasteiger charge is 2.15. The van der Waals surface area contributed by atoms with E-state index in [-0.39, 0.29) is 5.91 Å². The quantitative estimate of drug-likeness (QED) is 0.465. The maximum Gasteiger partial charge on any atom is 0.276 e. The van der Waals surface area contributed by atoms with Gasteiger partial charge < -0.3 is 4.98 Å². The molecule has 0 fully saturated rings. The van der Waals surface area contributed by atoms with Crippen LogP contribution < -0.4 is 5.48 Å². The molecule has 0 atom stereocenters. The molecule has 0 aliphatic heterocycles. The van der Waals surface area contributed by atoms with Gasteiger partial charge in [-0.3, -0.25) is 9.63 Å². The molecule has 0 radical (unpaired) electrons. The lowest BCUT2D eigenvalue weighted by Crippen LogP contribution is -2.21. The third-order valence-corrected chi connectivity index (χ3v) is 4.82. The number of benzene rings is 3. The van der Waals surface area contributed by atoms with Crippen molar-refractivity contribution in [2.75, 3.05) is 7.11 Å². The average Bonchev–Trinajstić information content (AvgIpc) is 3.11. The van der Waals surface area contributed by atoms with Crippen LogP contribution >= 0.6 is 11.6 Å². The lowest BCUT2D eigenvalue weighted by Gasteiger charge is -2.08. The monoisotopic (exact) mass is 376 g/mol. The highest BCUT2D eigenvalue weighted by atomic mass is 35.5. The highest BCUT2D eigenvalue weighted by Crippen LogP contribution is 2.34. The van der Waals surface area contributed by atoms with Crippen LogP contribution in [0, 0.1) is 0 Å². The Labute approximate surface area is 161 Å². The van der Waals surface area contributed by atoms with Gasteiger partial charge in [-0.15, -0.1) is 0 Å². The predicted molar refractivity (Wildman–Crippen MR) is 109 cm³/mol. The fourth-order valence-corrected chi connectivity index (χ4v) is 3.45. The number of hydrogen-bond acceptors (Lipinski definition) is 2. The molecule has 134 valence electrons. The van der Waals surface area contributed by atoms with Gasteiger partial charge in [-0.1, -0.05) is 66.2 Å². The van der Waals surface area contributed by atoms with Gasteiger partial charge in [0, 0.05) is 22.7 Å². The maximum absolute atomic E-state index is 12.2. The number of hydroxylamine groups is 1. The second kappa shape index (κ2) is 7.27. The summed E-state index contributed by atoms with van der Waals surface area (Å²) in [4.78, 5) is 20.0.